The van der Waals surface area contributed by atoms with Crippen LogP contribution in [0.4, 0.5) is 21.5 Å². The summed E-state index contributed by atoms with van der Waals surface area (Å²) in [4.78, 5) is 2.02. The minimum atomic E-state index is -0.632. The Morgan fingerprint density at radius 2 is 2.00 bits per heavy atom. The van der Waals surface area contributed by atoms with E-state index in [4.69, 9.17) is 27.8 Å². The Morgan fingerprint density at radius 3 is 2.63 bits per heavy atom. The molecule has 0 heterocycles. The van der Waals surface area contributed by atoms with Crippen LogP contribution in [0, 0.1) is 5.82 Å². The van der Waals surface area contributed by atoms with E-state index in [2.05, 4.69) is 5.32 Å². The quantitative estimate of drug-likeness (QED) is 0.526. The zero-order chi connectivity index (χ0) is 14.4. The van der Waals surface area contributed by atoms with Crippen LogP contribution in [0.15, 0.2) is 6.07 Å². The van der Waals surface area contributed by atoms with E-state index in [0.29, 0.717) is 19.8 Å². The van der Waals surface area contributed by atoms with E-state index in [-0.39, 0.29) is 22.1 Å². The highest BCUT2D eigenvalue weighted by atomic mass is 35.5. The first-order valence-corrected chi connectivity index (χ1v) is 6.30. The van der Waals surface area contributed by atoms with Gasteiger partial charge in [0.1, 0.15) is 5.02 Å². The molecule has 0 aliphatic heterocycles. The molecule has 1 rings (SSSR count). The second kappa shape index (κ2) is 7.37. The number of ether oxygens (including phenoxy) is 1. The maximum atomic E-state index is 13.8. The first kappa shape index (κ1) is 15.8. The minimum absolute atomic E-state index is 0.120. The van der Waals surface area contributed by atoms with Crippen molar-refractivity contribution in [3.8, 4) is 0 Å². The third-order valence-electron chi connectivity index (χ3n) is 2.50. The molecular weight excluding hydrogens is 271 g/mol. The Labute approximate surface area is 117 Å². The Hall–Kier alpha value is -1.24. The van der Waals surface area contributed by atoms with E-state index in [1.54, 1.807) is 0 Å². The lowest BCUT2D eigenvalue weighted by Gasteiger charge is -2.13. The molecule has 0 radical (unpaired) electrons. The summed E-state index contributed by atoms with van der Waals surface area (Å²) < 4.78 is 19.2. The second-order valence-electron chi connectivity index (χ2n) is 4.40. The highest BCUT2D eigenvalue weighted by molar-refractivity contribution is 6.33. The van der Waals surface area contributed by atoms with Gasteiger partial charge in [-0.3, -0.25) is 0 Å². The average Bonchev–Trinajstić information content (AvgIpc) is 2.34. The van der Waals surface area contributed by atoms with Crippen LogP contribution in [0.1, 0.15) is 0 Å². The smallest absolute Gasteiger partial charge is 0.169 e. The van der Waals surface area contributed by atoms with E-state index in [1.807, 2.05) is 19.0 Å². The van der Waals surface area contributed by atoms with Crippen LogP contribution in [-0.2, 0) is 4.74 Å². The molecule has 0 fully saturated rings. The van der Waals surface area contributed by atoms with Crippen molar-refractivity contribution in [2.75, 3.05) is 57.2 Å². The number of anilines is 3. The van der Waals surface area contributed by atoms with Crippen molar-refractivity contribution >= 4 is 28.7 Å². The molecule has 0 aliphatic carbocycles. The fourth-order valence-electron chi connectivity index (χ4n) is 1.44. The lowest BCUT2D eigenvalue weighted by atomic mass is 10.2. The standard InChI is InChI=1S/C12H20ClFN4O/c1-18(2)4-6-19-5-3-17-12-9(16)7-8(15)10(13)11(12)14/h7,17H,3-6,15-16H2,1-2H3. The molecule has 0 aromatic heterocycles. The largest absolute Gasteiger partial charge is 0.397 e. The molecule has 1 aromatic rings. The number of likely N-dealkylation sites (N-methyl/N-ethyl adjacent to an activating group) is 1. The van der Waals surface area contributed by atoms with E-state index in [9.17, 15) is 4.39 Å². The summed E-state index contributed by atoms with van der Waals surface area (Å²) in [5.41, 5.74) is 11.7. The molecular formula is C12H20ClFN4O. The van der Waals surface area contributed by atoms with Crippen LogP contribution < -0.4 is 16.8 Å². The molecule has 0 unspecified atom stereocenters. The highest BCUT2D eigenvalue weighted by Crippen LogP contribution is 2.33. The van der Waals surface area contributed by atoms with Crippen molar-refractivity contribution in [3.63, 3.8) is 0 Å². The molecule has 1 aromatic carbocycles. The molecule has 7 heteroatoms. The van der Waals surface area contributed by atoms with E-state index < -0.39 is 5.82 Å². The van der Waals surface area contributed by atoms with E-state index in [1.165, 1.54) is 6.07 Å². The van der Waals surface area contributed by atoms with Crippen LogP contribution in [-0.4, -0.2) is 45.3 Å². The molecule has 19 heavy (non-hydrogen) atoms. The SMILES string of the molecule is CN(C)CCOCCNc1c(N)cc(N)c(Cl)c1F. The van der Waals surface area contributed by atoms with Crippen LogP contribution >= 0.6 is 11.6 Å². The molecule has 0 saturated heterocycles. The predicted molar refractivity (Wildman–Crippen MR) is 78.1 cm³/mol. The first-order chi connectivity index (χ1) is 8.93. The van der Waals surface area contributed by atoms with Crippen molar-refractivity contribution in [3.05, 3.63) is 16.9 Å². The van der Waals surface area contributed by atoms with Gasteiger partial charge >= 0.3 is 0 Å². The van der Waals surface area contributed by atoms with Crippen LogP contribution in [0.3, 0.4) is 0 Å². The third-order valence-corrected chi connectivity index (χ3v) is 2.88. The van der Waals surface area contributed by atoms with Crippen molar-refractivity contribution in [2.24, 2.45) is 0 Å². The summed E-state index contributed by atoms with van der Waals surface area (Å²) >= 11 is 5.72. The predicted octanol–water partition coefficient (Wildman–Crippen LogP) is 1.63. The second-order valence-corrected chi connectivity index (χ2v) is 4.78. The number of hydrogen-bond donors (Lipinski definition) is 3. The monoisotopic (exact) mass is 290 g/mol. The summed E-state index contributed by atoms with van der Waals surface area (Å²) in [6.45, 7) is 2.35. The number of nitrogen functional groups attached to an aromatic ring is 2. The molecule has 0 bridgehead atoms. The minimum Gasteiger partial charge on any atom is -0.397 e. The fourth-order valence-corrected chi connectivity index (χ4v) is 1.59. The van der Waals surface area contributed by atoms with Crippen molar-refractivity contribution < 1.29 is 9.13 Å². The van der Waals surface area contributed by atoms with Crippen LogP contribution in [0.2, 0.25) is 5.02 Å². The van der Waals surface area contributed by atoms with Gasteiger partial charge in [0.15, 0.2) is 5.82 Å². The van der Waals surface area contributed by atoms with Gasteiger partial charge in [0.2, 0.25) is 0 Å². The normalized spacial score (nSPS) is 11.0. The van der Waals surface area contributed by atoms with Crippen molar-refractivity contribution in [1.82, 2.24) is 4.90 Å². The number of nitrogens with zero attached hydrogens (tertiary/aromatic N) is 1. The number of hydrogen-bond acceptors (Lipinski definition) is 5. The molecule has 0 spiro atoms. The van der Waals surface area contributed by atoms with Gasteiger partial charge in [-0.2, -0.15) is 0 Å². The van der Waals surface area contributed by atoms with Crippen molar-refractivity contribution in [1.29, 1.82) is 0 Å². The van der Waals surface area contributed by atoms with Crippen LogP contribution in [0.5, 0.6) is 0 Å². The summed E-state index contributed by atoms with van der Waals surface area (Å²) in [6, 6.07) is 1.43. The first-order valence-electron chi connectivity index (χ1n) is 5.92. The lowest BCUT2D eigenvalue weighted by molar-refractivity contribution is 0.126. The number of benzene rings is 1. The molecule has 108 valence electrons. The summed E-state index contributed by atoms with van der Waals surface area (Å²) in [7, 11) is 3.93. The van der Waals surface area contributed by atoms with Gasteiger partial charge in [-0.1, -0.05) is 11.6 Å². The summed E-state index contributed by atoms with van der Waals surface area (Å²) in [5.74, 6) is -0.632. The van der Waals surface area contributed by atoms with Gasteiger partial charge < -0.3 is 26.4 Å². The number of nitrogens with one attached hydrogen (secondary N) is 1. The van der Waals surface area contributed by atoms with E-state index in [0.717, 1.165) is 6.54 Å². The Balaban J connectivity index is 2.44. The van der Waals surface area contributed by atoms with E-state index >= 15 is 0 Å². The van der Waals surface area contributed by atoms with Gasteiger partial charge in [-0.25, -0.2) is 4.39 Å². The van der Waals surface area contributed by atoms with Crippen molar-refractivity contribution in [2.45, 2.75) is 0 Å². The number of rotatable bonds is 7. The Bertz CT molecular complexity index is 429. The number of halogens is 2. The highest BCUT2D eigenvalue weighted by Gasteiger charge is 2.13. The number of nitrogens with two attached hydrogens (primary N) is 2. The third kappa shape index (κ3) is 4.74. The maximum absolute atomic E-state index is 13.8. The van der Waals surface area contributed by atoms with Gasteiger partial charge in [0.05, 0.1) is 30.3 Å². The zero-order valence-electron chi connectivity index (χ0n) is 11.2. The van der Waals surface area contributed by atoms with Gasteiger partial charge in [0.25, 0.3) is 0 Å². The molecule has 0 atom stereocenters. The Kier molecular flexibility index (Phi) is 6.14. The summed E-state index contributed by atoms with van der Waals surface area (Å²) in [6.07, 6.45) is 0. The lowest BCUT2D eigenvalue weighted by Crippen LogP contribution is -2.20. The molecule has 5 nitrogen and oxygen atoms in total. The van der Waals surface area contributed by atoms with Gasteiger partial charge in [-0.15, -0.1) is 0 Å². The average molecular weight is 291 g/mol. The topological polar surface area (TPSA) is 76.5 Å². The molecule has 0 amide bonds. The van der Waals surface area contributed by atoms with Gasteiger partial charge in [0, 0.05) is 13.1 Å². The maximum Gasteiger partial charge on any atom is 0.169 e. The summed E-state index contributed by atoms with van der Waals surface area (Å²) in [5, 5.41) is 2.74. The zero-order valence-corrected chi connectivity index (χ0v) is 11.9. The molecule has 0 saturated carbocycles. The molecule has 5 N–H and O–H groups in total. The van der Waals surface area contributed by atoms with Crippen LogP contribution in [0.25, 0.3) is 0 Å². The molecule has 0 aliphatic rings. The fraction of sp³-hybridized carbons (Fsp3) is 0.500. The Morgan fingerprint density at radius 1 is 1.32 bits per heavy atom. The van der Waals surface area contributed by atoms with Gasteiger partial charge in [-0.05, 0) is 20.2 Å².